The Labute approximate surface area is 189 Å². The van der Waals surface area contributed by atoms with Gasteiger partial charge in [-0.25, -0.2) is 9.96 Å². The van der Waals surface area contributed by atoms with Crippen molar-refractivity contribution in [3.63, 3.8) is 0 Å². The monoisotopic (exact) mass is 452 g/mol. The van der Waals surface area contributed by atoms with Crippen molar-refractivity contribution in [1.29, 1.82) is 0 Å². The van der Waals surface area contributed by atoms with Crippen molar-refractivity contribution in [3.05, 3.63) is 94.0 Å². The second-order valence-corrected chi connectivity index (χ2v) is 8.58. The standard InChI is InChI=1S/C24H18Cl2N2O3/c1-14-7-9-15(10-8-14)21-20-22(31-28(21)18-5-3-2-4-6-18)24(30)27(23(20)29)19-12-16(25)11-17(26)13-19/h2-13,20-22H,1H3/t20-,21+,22+/m1/s1. The number of aryl methyl sites for hydroxylation is 1. The highest BCUT2D eigenvalue weighted by Gasteiger charge is 2.60. The molecule has 0 unspecified atom stereocenters. The Morgan fingerprint density at radius 1 is 0.806 bits per heavy atom. The molecule has 0 N–H and O–H groups in total. The Bertz CT molecular complexity index is 1150. The van der Waals surface area contributed by atoms with Gasteiger partial charge >= 0.3 is 0 Å². The van der Waals surface area contributed by atoms with E-state index in [9.17, 15) is 9.59 Å². The minimum absolute atomic E-state index is 0.336. The second kappa shape index (κ2) is 7.68. The first-order chi connectivity index (χ1) is 14.9. The molecule has 3 atom stereocenters. The predicted octanol–water partition coefficient (Wildman–Crippen LogP) is 5.35. The number of fused-ring (bicyclic) bond motifs is 1. The van der Waals surface area contributed by atoms with Gasteiger partial charge in [0.25, 0.3) is 5.91 Å². The number of carbonyl (C=O) groups excluding carboxylic acids is 2. The predicted molar refractivity (Wildman–Crippen MR) is 120 cm³/mol. The summed E-state index contributed by atoms with van der Waals surface area (Å²) in [5, 5.41) is 2.38. The molecule has 0 spiro atoms. The number of nitrogens with zero attached hydrogens (tertiary/aromatic N) is 2. The summed E-state index contributed by atoms with van der Waals surface area (Å²) >= 11 is 12.2. The van der Waals surface area contributed by atoms with E-state index in [4.69, 9.17) is 28.0 Å². The quantitative estimate of drug-likeness (QED) is 0.502. The summed E-state index contributed by atoms with van der Waals surface area (Å²) in [5.74, 6) is -1.46. The van der Waals surface area contributed by atoms with Gasteiger partial charge in [0.1, 0.15) is 5.92 Å². The van der Waals surface area contributed by atoms with Crippen LogP contribution in [0.1, 0.15) is 17.2 Å². The number of carbonyl (C=O) groups is 2. The fraction of sp³-hybridized carbons (Fsp3) is 0.167. The summed E-state index contributed by atoms with van der Waals surface area (Å²) in [6.45, 7) is 2.00. The highest BCUT2D eigenvalue weighted by atomic mass is 35.5. The topological polar surface area (TPSA) is 49.9 Å². The number of anilines is 2. The van der Waals surface area contributed by atoms with Crippen LogP contribution in [0.2, 0.25) is 10.0 Å². The average Bonchev–Trinajstić information content (AvgIpc) is 3.25. The van der Waals surface area contributed by atoms with Gasteiger partial charge in [-0.1, -0.05) is 71.2 Å². The summed E-state index contributed by atoms with van der Waals surface area (Å²) in [6.07, 6.45) is -0.934. The fourth-order valence-corrected chi connectivity index (χ4v) is 4.75. The Morgan fingerprint density at radius 2 is 1.45 bits per heavy atom. The summed E-state index contributed by atoms with van der Waals surface area (Å²) in [6, 6.07) is 21.6. The van der Waals surface area contributed by atoms with E-state index < -0.39 is 24.0 Å². The van der Waals surface area contributed by atoms with Crippen LogP contribution >= 0.6 is 23.2 Å². The second-order valence-electron chi connectivity index (χ2n) is 7.71. The molecule has 7 heteroatoms. The maximum Gasteiger partial charge on any atom is 0.266 e. The smallest absolute Gasteiger partial charge is 0.266 e. The van der Waals surface area contributed by atoms with Gasteiger partial charge in [-0.3, -0.25) is 14.4 Å². The molecule has 156 valence electrons. The molecular formula is C24H18Cl2N2O3. The van der Waals surface area contributed by atoms with E-state index in [0.717, 1.165) is 21.7 Å². The molecule has 3 aromatic carbocycles. The van der Waals surface area contributed by atoms with E-state index in [1.165, 1.54) is 0 Å². The molecule has 2 aliphatic rings. The molecule has 5 rings (SSSR count). The first kappa shape index (κ1) is 20.1. The molecule has 3 aromatic rings. The Kier molecular flexibility index (Phi) is 4.97. The number of rotatable bonds is 3. The molecule has 2 fully saturated rings. The van der Waals surface area contributed by atoms with Crippen molar-refractivity contribution in [2.24, 2.45) is 5.92 Å². The van der Waals surface area contributed by atoms with Crippen LogP contribution in [0.3, 0.4) is 0 Å². The van der Waals surface area contributed by atoms with Crippen molar-refractivity contribution >= 4 is 46.4 Å². The van der Waals surface area contributed by atoms with Crippen LogP contribution in [0.4, 0.5) is 11.4 Å². The molecular weight excluding hydrogens is 435 g/mol. The van der Waals surface area contributed by atoms with Crippen LogP contribution < -0.4 is 9.96 Å². The number of amides is 2. The Morgan fingerprint density at radius 3 is 2.10 bits per heavy atom. The van der Waals surface area contributed by atoms with Gasteiger partial charge < -0.3 is 0 Å². The highest BCUT2D eigenvalue weighted by molar-refractivity contribution is 6.35. The third-order valence-corrected chi connectivity index (χ3v) is 6.09. The van der Waals surface area contributed by atoms with Gasteiger partial charge in [0.05, 0.1) is 17.4 Å². The van der Waals surface area contributed by atoms with E-state index in [-0.39, 0.29) is 5.91 Å². The largest absolute Gasteiger partial charge is 0.273 e. The molecule has 2 heterocycles. The third kappa shape index (κ3) is 3.39. The van der Waals surface area contributed by atoms with E-state index >= 15 is 0 Å². The minimum atomic E-state index is -0.934. The van der Waals surface area contributed by atoms with Crippen LogP contribution in [0.25, 0.3) is 0 Å². The molecule has 5 nitrogen and oxygen atoms in total. The number of imide groups is 1. The van der Waals surface area contributed by atoms with Crippen molar-refractivity contribution in [3.8, 4) is 0 Å². The summed E-state index contributed by atoms with van der Waals surface area (Å²) in [7, 11) is 0. The van der Waals surface area contributed by atoms with Crippen molar-refractivity contribution in [2.45, 2.75) is 19.1 Å². The number of hydrogen-bond donors (Lipinski definition) is 0. The lowest BCUT2D eigenvalue weighted by molar-refractivity contribution is -0.126. The van der Waals surface area contributed by atoms with Gasteiger partial charge in [-0.15, -0.1) is 0 Å². The fourth-order valence-electron chi connectivity index (χ4n) is 4.24. The number of halogens is 2. The number of hydrogen-bond acceptors (Lipinski definition) is 4. The maximum absolute atomic E-state index is 13.6. The van der Waals surface area contributed by atoms with Gasteiger partial charge in [0.2, 0.25) is 5.91 Å². The highest BCUT2D eigenvalue weighted by Crippen LogP contribution is 2.47. The van der Waals surface area contributed by atoms with Crippen LogP contribution in [0.15, 0.2) is 72.8 Å². The lowest BCUT2D eigenvalue weighted by atomic mass is 9.90. The van der Waals surface area contributed by atoms with Gasteiger partial charge in [-0.05, 0) is 42.8 Å². The zero-order valence-corrected chi connectivity index (χ0v) is 18.0. The van der Waals surface area contributed by atoms with Gasteiger partial charge in [0, 0.05) is 10.0 Å². The normalized spacial score (nSPS) is 22.9. The first-order valence-corrected chi connectivity index (χ1v) is 10.6. The summed E-state index contributed by atoms with van der Waals surface area (Å²) < 4.78 is 0. The lowest BCUT2D eigenvalue weighted by Gasteiger charge is -2.29. The van der Waals surface area contributed by atoms with E-state index in [1.54, 1.807) is 23.3 Å². The lowest BCUT2D eigenvalue weighted by Crippen LogP contribution is -2.37. The number of para-hydroxylation sites is 1. The molecule has 2 saturated heterocycles. The molecule has 31 heavy (non-hydrogen) atoms. The Hall–Kier alpha value is -2.86. The van der Waals surface area contributed by atoms with Gasteiger partial charge in [0.15, 0.2) is 6.10 Å². The van der Waals surface area contributed by atoms with E-state index in [1.807, 2.05) is 61.5 Å². The zero-order valence-electron chi connectivity index (χ0n) is 16.5. The van der Waals surface area contributed by atoms with Crippen molar-refractivity contribution in [1.82, 2.24) is 0 Å². The molecule has 0 aliphatic carbocycles. The summed E-state index contributed by atoms with van der Waals surface area (Å²) in [4.78, 5) is 34.1. The average molecular weight is 453 g/mol. The SMILES string of the molecule is Cc1ccc([C@H]2[C@H]3C(=O)N(c4cc(Cl)cc(Cl)c4)C(=O)[C@H]3ON2c2ccccc2)cc1. The van der Waals surface area contributed by atoms with Crippen LogP contribution in [-0.4, -0.2) is 17.9 Å². The van der Waals surface area contributed by atoms with Crippen molar-refractivity contribution < 1.29 is 14.4 Å². The third-order valence-electron chi connectivity index (χ3n) is 5.65. The maximum atomic E-state index is 13.6. The van der Waals surface area contributed by atoms with Gasteiger partial charge in [-0.2, -0.15) is 0 Å². The molecule has 0 aromatic heterocycles. The van der Waals surface area contributed by atoms with E-state index in [0.29, 0.717) is 15.7 Å². The molecule has 0 saturated carbocycles. The molecule has 2 aliphatic heterocycles. The number of benzene rings is 3. The molecule has 0 bridgehead atoms. The van der Waals surface area contributed by atoms with E-state index in [2.05, 4.69) is 0 Å². The zero-order chi connectivity index (χ0) is 21.7. The van der Waals surface area contributed by atoms with Crippen LogP contribution in [0, 0.1) is 12.8 Å². The van der Waals surface area contributed by atoms with Crippen LogP contribution in [0.5, 0.6) is 0 Å². The summed E-state index contributed by atoms with van der Waals surface area (Å²) in [5.41, 5.74) is 3.13. The van der Waals surface area contributed by atoms with Crippen LogP contribution in [-0.2, 0) is 14.4 Å². The molecule has 0 radical (unpaired) electrons. The minimum Gasteiger partial charge on any atom is -0.273 e. The number of hydroxylamine groups is 1. The Balaban J connectivity index is 1.59. The van der Waals surface area contributed by atoms with Crippen molar-refractivity contribution in [2.75, 3.05) is 9.96 Å². The molecule has 2 amide bonds. The first-order valence-electron chi connectivity index (χ1n) is 9.85.